The zero-order valence-electron chi connectivity index (χ0n) is 24.0. The molecule has 0 aromatic carbocycles. The highest BCUT2D eigenvalue weighted by atomic mass is 16.5. The first-order valence-electron chi connectivity index (χ1n) is 15.6. The first-order chi connectivity index (χ1) is 16.7. The van der Waals surface area contributed by atoms with Crippen LogP contribution in [0.3, 0.4) is 0 Å². The minimum atomic E-state index is 0.0364. The fourth-order valence-electron chi connectivity index (χ4n) is 9.52. The third kappa shape index (κ3) is 5.57. The van der Waals surface area contributed by atoms with Crippen LogP contribution in [-0.4, -0.2) is 12.1 Å². The summed E-state index contributed by atoms with van der Waals surface area (Å²) < 4.78 is 5.96. The van der Waals surface area contributed by atoms with Crippen molar-refractivity contribution in [1.82, 2.24) is 0 Å². The van der Waals surface area contributed by atoms with Crippen LogP contribution in [0, 0.1) is 46.3 Å². The molecule has 0 heterocycles. The lowest BCUT2D eigenvalue weighted by molar-refractivity contribution is -0.151. The maximum Gasteiger partial charge on any atom is 0.306 e. The molecule has 0 aromatic heterocycles. The Bertz CT molecular complexity index is 752. The lowest BCUT2D eigenvalue weighted by atomic mass is 9.47. The van der Waals surface area contributed by atoms with Gasteiger partial charge >= 0.3 is 5.97 Å². The van der Waals surface area contributed by atoms with Crippen molar-refractivity contribution in [3.63, 3.8) is 0 Å². The van der Waals surface area contributed by atoms with E-state index >= 15 is 0 Å². The molecule has 200 valence electrons. The summed E-state index contributed by atoms with van der Waals surface area (Å²) in [5.41, 5.74) is 2.54. The van der Waals surface area contributed by atoms with Crippen molar-refractivity contribution in [2.24, 2.45) is 46.3 Å². The van der Waals surface area contributed by atoms with E-state index < -0.39 is 0 Å². The molecule has 0 spiro atoms. The maximum absolute atomic E-state index is 12.4. The number of rotatable bonds is 10. The smallest absolute Gasteiger partial charge is 0.306 e. The van der Waals surface area contributed by atoms with Gasteiger partial charge in [-0.3, -0.25) is 4.79 Å². The van der Waals surface area contributed by atoms with E-state index in [1.165, 1.54) is 57.8 Å². The Labute approximate surface area is 217 Å². The van der Waals surface area contributed by atoms with Gasteiger partial charge in [-0.1, -0.05) is 85.3 Å². The zero-order valence-corrected chi connectivity index (χ0v) is 24.0. The standard InChI is InChI=1S/C33H56O2/c1-7-8-9-13-31(34)35-26-18-20-32(5)25(22-26)14-15-27-29-17-16-28(24(4)12-10-11-23(2)3)33(29,6)21-19-30(27)32/h14,23-24,26-30H,7-13,15-22H2,1-6H3/t24-,26+,27-,28+,29-,30-,32+,33-/m1/s1. The van der Waals surface area contributed by atoms with Gasteiger partial charge in [0.25, 0.3) is 0 Å². The summed E-state index contributed by atoms with van der Waals surface area (Å²) in [6, 6.07) is 0. The van der Waals surface area contributed by atoms with Crippen molar-refractivity contribution in [2.75, 3.05) is 0 Å². The molecule has 0 aliphatic heterocycles. The Hall–Kier alpha value is -0.790. The van der Waals surface area contributed by atoms with E-state index in [0.717, 1.165) is 67.6 Å². The second-order valence-corrected chi connectivity index (χ2v) is 14.1. The van der Waals surface area contributed by atoms with Gasteiger partial charge in [0.2, 0.25) is 0 Å². The van der Waals surface area contributed by atoms with Crippen LogP contribution in [0.1, 0.15) is 138 Å². The summed E-state index contributed by atoms with van der Waals surface area (Å²) >= 11 is 0. The molecule has 2 heteroatoms. The molecule has 4 aliphatic carbocycles. The molecule has 0 N–H and O–H groups in total. The number of ether oxygens (including phenoxy) is 1. The van der Waals surface area contributed by atoms with Crippen LogP contribution in [0.2, 0.25) is 0 Å². The van der Waals surface area contributed by atoms with Gasteiger partial charge in [0.05, 0.1) is 0 Å². The van der Waals surface area contributed by atoms with E-state index in [-0.39, 0.29) is 12.1 Å². The van der Waals surface area contributed by atoms with Crippen molar-refractivity contribution >= 4 is 5.97 Å². The summed E-state index contributed by atoms with van der Waals surface area (Å²) in [6.07, 6.45) is 21.2. The van der Waals surface area contributed by atoms with E-state index in [9.17, 15) is 4.79 Å². The molecule has 2 nitrogen and oxygen atoms in total. The summed E-state index contributed by atoms with van der Waals surface area (Å²) in [5.74, 6) is 5.33. The van der Waals surface area contributed by atoms with Crippen LogP contribution in [-0.2, 0) is 9.53 Å². The summed E-state index contributed by atoms with van der Waals surface area (Å²) in [7, 11) is 0. The van der Waals surface area contributed by atoms with Crippen molar-refractivity contribution in [2.45, 2.75) is 144 Å². The first-order valence-corrected chi connectivity index (χ1v) is 15.6. The van der Waals surface area contributed by atoms with Crippen molar-refractivity contribution in [1.29, 1.82) is 0 Å². The van der Waals surface area contributed by atoms with Gasteiger partial charge in [-0.2, -0.15) is 0 Å². The van der Waals surface area contributed by atoms with E-state index in [1.54, 1.807) is 5.57 Å². The quantitative estimate of drug-likeness (QED) is 0.175. The highest BCUT2D eigenvalue weighted by molar-refractivity contribution is 5.69. The van der Waals surface area contributed by atoms with Gasteiger partial charge in [0, 0.05) is 12.8 Å². The average molecular weight is 485 g/mol. The monoisotopic (exact) mass is 484 g/mol. The summed E-state index contributed by atoms with van der Waals surface area (Å²) in [6.45, 7) is 14.8. The number of carbonyl (C=O) groups excluding carboxylic acids is 1. The molecule has 3 fully saturated rings. The minimum absolute atomic E-state index is 0.0364. The Kier molecular flexibility index (Phi) is 8.80. The number of hydrogen-bond acceptors (Lipinski definition) is 2. The van der Waals surface area contributed by atoms with Gasteiger partial charge in [0.1, 0.15) is 6.10 Å². The third-order valence-electron chi connectivity index (χ3n) is 11.5. The molecule has 4 rings (SSSR count). The van der Waals surface area contributed by atoms with Crippen molar-refractivity contribution in [3.05, 3.63) is 11.6 Å². The number of unbranched alkanes of at least 4 members (excludes halogenated alkanes) is 2. The minimum Gasteiger partial charge on any atom is -0.462 e. The van der Waals surface area contributed by atoms with Crippen LogP contribution in [0.25, 0.3) is 0 Å². The lowest BCUT2D eigenvalue weighted by Crippen LogP contribution is -2.51. The Balaban J connectivity index is 1.39. The molecule has 0 aromatic rings. The Morgan fingerprint density at radius 1 is 1.00 bits per heavy atom. The fraction of sp³-hybridized carbons (Fsp3) is 0.909. The summed E-state index contributed by atoms with van der Waals surface area (Å²) in [4.78, 5) is 12.4. The number of hydrogen-bond donors (Lipinski definition) is 0. The third-order valence-corrected chi connectivity index (χ3v) is 11.5. The first kappa shape index (κ1) is 27.3. The molecule has 0 amide bonds. The van der Waals surface area contributed by atoms with Crippen LogP contribution < -0.4 is 0 Å². The molecule has 0 unspecified atom stereocenters. The SMILES string of the molecule is CCCCCC(=O)O[C@H]1CC[C@@]2(C)C(=CC[C@@H]3[C@H]4CC[C@@H]([C@H](C)CCCC(C)C)[C@@]4(C)CC[C@H]32)C1. The predicted octanol–water partition coefficient (Wildman–Crippen LogP) is 9.52. The van der Waals surface area contributed by atoms with E-state index in [0.29, 0.717) is 17.3 Å². The molecular formula is C33H56O2. The second kappa shape index (κ2) is 11.3. The lowest BCUT2D eigenvalue weighted by Gasteiger charge is -2.58. The Morgan fingerprint density at radius 3 is 2.54 bits per heavy atom. The predicted molar refractivity (Wildman–Crippen MR) is 147 cm³/mol. The van der Waals surface area contributed by atoms with Crippen molar-refractivity contribution in [3.8, 4) is 0 Å². The summed E-state index contributed by atoms with van der Waals surface area (Å²) in [5, 5.41) is 0. The molecule has 0 radical (unpaired) electrons. The van der Waals surface area contributed by atoms with Gasteiger partial charge in [0.15, 0.2) is 0 Å². The number of carbonyl (C=O) groups is 1. The number of allylic oxidation sites excluding steroid dienone is 1. The molecule has 0 saturated heterocycles. The molecule has 4 aliphatic rings. The molecule has 35 heavy (non-hydrogen) atoms. The molecular weight excluding hydrogens is 428 g/mol. The van der Waals surface area contributed by atoms with Gasteiger partial charge in [-0.15, -0.1) is 0 Å². The van der Waals surface area contributed by atoms with Gasteiger partial charge in [-0.25, -0.2) is 0 Å². The second-order valence-electron chi connectivity index (χ2n) is 14.1. The number of esters is 1. The van der Waals surface area contributed by atoms with Crippen molar-refractivity contribution < 1.29 is 9.53 Å². The van der Waals surface area contributed by atoms with E-state index in [1.807, 2.05) is 0 Å². The van der Waals surface area contributed by atoms with Crippen LogP contribution in [0.4, 0.5) is 0 Å². The topological polar surface area (TPSA) is 26.3 Å². The largest absolute Gasteiger partial charge is 0.462 e. The van der Waals surface area contributed by atoms with Crippen LogP contribution in [0.5, 0.6) is 0 Å². The fourth-order valence-corrected chi connectivity index (χ4v) is 9.52. The normalized spacial score (nSPS) is 39.4. The zero-order chi connectivity index (χ0) is 25.2. The number of fused-ring (bicyclic) bond motifs is 5. The van der Waals surface area contributed by atoms with Gasteiger partial charge in [-0.05, 0) is 97.7 Å². The molecule has 3 saturated carbocycles. The molecule has 0 bridgehead atoms. The van der Waals surface area contributed by atoms with Gasteiger partial charge < -0.3 is 4.74 Å². The van der Waals surface area contributed by atoms with Crippen LogP contribution in [0.15, 0.2) is 11.6 Å². The average Bonchev–Trinajstić information content (AvgIpc) is 3.16. The van der Waals surface area contributed by atoms with E-state index in [4.69, 9.17) is 4.74 Å². The maximum atomic E-state index is 12.4. The van der Waals surface area contributed by atoms with Crippen LogP contribution >= 0.6 is 0 Å². The van der Waals surface area contributed by atoms with E-state index in [2.05, 4.69) is 47.6 Å². The Morgan fingerprint density at radius 2 is 1.80 bits per heavy atom. The highest BCUT2D eigenvalue weighted by Crippen LogP contribution is 2.67. The molecule has 8 atom stereocenters. The highest BCUT2D eigenvalue weighted by Gasteiger charge is 2.59.